The van der Waals surface area contributed by atoms with Crippen LogP contribution in [0.5, 0.6) is 0 Å². The smallest absolute Gasteiger partial charge is 0.291 e. The lowest BCUT2D eigenvalue weighted by atomic mass is 10.2. The van der Waals surface area contributed by atoms with Gasteiger partial charge in [0.1, 0.15) is 0 Å². The molecule has 5 nitrogen and oxygen atoms in total. The molecule has 1 aromatic rings. The predicted octanol–water partition coefficient (Wildman–Crippen LogP) is 2.50. The highest BCUT2D eigenvalue weighted by Crippen LogP contribution is 2.12. The Balaban J connectivity index is 2.51. The van der Waals surface area contributed by atoms with Gasteiger partial charge in [-0.05, 0) is 19.1 Å². The second-order valence-electron chi connectivity index (χ2n) is 2.80. The van der Waals surface area contributed by atoms with Gasteiger partial charge in [-0.3, -0.25) is 10.8 Å². The van der Waals surface area contributed by atoms with Gasteiger partial charge in [0.15, 0.2) is 5.17 Å². The van der Waals surface area contributed by atoms with Crippen LogP contribution in [0, 0.1) is 17.7 Å². The molecule has 0 radical (unpaired) electrons. The Kier molecular flexibility index (Phi) is 4.14. The minimum absolute atomic E-state index is 0.0119. The van der Waals surface area contributed by atoms with Gasteiger partial charge in [0.05, 0.1) is 0 Å². The van der Waals surface area contributed by atoms with Gasteiger partial charge >= 0.3 is 0 Å². The third-order valence-electron chi connectivity index (χ3n) is 1.59. The van der Waals surface area contributed by atoms with E-state index in [1.807, 2.05) is 31.2 Å². The van der Waals surface area contributed by atoms with E-state index in [0.717, 1.165) is 11.3 Å². The molecule has 0 heterocycles. The molecule has 0 saturated heterocycles. The summed E-state index contributed by atoms with van der Waals surface area (Å²) < 4.78 is 0. The fourth-order valence-corrected chi connectivity index (χ4v) is 1.30. The molecule has 0 aliphatic carbocycles. The largest absolute Gasteiger partial charge is 0.335 e. The van der Waals surface area contributed by atoms with Crippen LogP contribution in [0.1, 0.15) is 5.56 Å². The van der Waals surface area contributed by atoms with Crippen molar-refractivity contribution in [2.75, 3.05) is 5.32 Å². The Bertz CT molecular complexity index is 364. The molecule has 15 heavy (non-hydrogen) atoms. The summed E-state index contributed by atoms with van der Waals surface area (Å²) in [5.41, 5.74) is 1.88. The number of thioether (sulfide) groups is 1. The zero-order chi connectivity index (χ0) is 11.3. The maximum Gasteiger partial charge on any atom is 0.291 e. The Morgan fingerprint density at radius 1 is 1.33 bits per heavy atom. The van der Waals surface area contributed by atoms with Gasteiger partial charge < -0.3 is 10.2 Å². The molecule has 0 aromatic heterocycles. The molecule has 0 bridgehead atoms. The van der Waals surface area contributed by atoms with Crippen molar-refractivity contribution in [1.82, 2.24) is 0 Å². The lowest BCUT2D eigenvalue weighted by Gasteiger charge is -2.06. The molecule has 1 aromatic carbocycles. The SMILES string of the molecule is Cc1ccc(NC(=N)SC(=N)OO)cc1. The molecule has 0 atom stereocenters. The maximum absolute atomic E-state index is 8.12. The molecule has 0 unspecified atom stereocenters. The standard InChI is InChI=1S/C9H11N3O2S/c1-6-2-4-7(5-3-6)12-8(10)15-9(11)14-13/h2-5,11,13H,1H3,(H2,10,12). The highest BCUT2D eigenvalue weighted by atomic mass is 32.2. The molecular weight excluding hydrogens is 214 g/mol. The molecule has 6 heteroatoms. The van der Waals surface area contributed by atoms with Crippen molar-refractivity contribution in [1.29, 1.82) is 10.8 Å². The molecule has 0 fully saturated rings. The highest BCUT2D eigenvalue weighted by molar-refractivity contribution is 8.26. The summed E-state index contributed by atoms with van der Waals surface area (Å²) >= 11 is 0.682. The van der Waals surface area contributed by atoms with Crippen molar-refractivity contribution in [3.05, 3.63) is 29.8 Å². The molecular formula is C9H11N3O2S. The summed E-state index contributed by atoms with van der Waals surface area (Å²) in [5, 5.41) is 24.8. The van der Waals surface area contributed by atoms with Crippen LogP contribution in [-0.4, -0.2) is 15.7 Å². The van der Waals surface area contributed by atoms with Crippen molar-refractivity contribution in [3.63, 3.8) is 0 Å². The van der Waals surface area contributed by atoms with Crippen LogP contribution in [0.25, 0.3) is 0 Å². The molecule has 0 amide bonds. The first-order valence-electron chi connectivity index (χ1n) is 4.12. The second kappa shape index (κ2) is 5.38. The van der Waals surface area contributed by atoms with Crippen molar-refractivity contribution < 1.29 is 10.1 Å². The number of benzene rings is 1. The van der Waals surface area contributed by atoms with E-state index >= 15 is 0 Å². The number of amidine groups is 1. The van der Waals surface area contributed by atoms with Crippen molar-refractivity contribution >= 4 is 27.8 Å². The molecule has 0 spiro atoms. The minimum Gasteiger partial charge on any atom is -0.335 e. The summed E-state index contributed by atoms with van der Waals surface area (Å²) in [6, 6.07) is 7.48. The molecule has 80 valence electrons. The van der Waals surface area contributed by atoms with E-state index in [1.165, 1.54) is 0 Å². The normalized spacial score (nSPS) is 9.47. The first kappa shape index (κ1) is 11.5. The molecule has 0 aliphatic heterocycles. The summed E-state index contributed by atoms with van der Waals surface area (Å²) in [6.45, 7) is 1.97. The number of aryl methyl sites for hydroxylation is 1. The van der Waals surface area contributed by atoms with Gasteiger partial charge in [-0.25, -0.2) is 5.26 Å². The van der Waals surface area contributed by atoms with Crippen LogP contribution in [0.4, 0.5) is 5.69 Å². The van der Waals surface area contributed by atoms with E-state index in [4.69, 9.17) is 16.1 Å². The average Bonchev–Trinajstić information content (AvgIpc) is 2.21. The summed E-state index contributed by atoms with van der Waals surface area (Å²) in [5.74, 6) is 0. The number of rotatable bonds is 1. The molecule has 0 aliphatic rings. The Morgan fingerprint density at radius 3 is 2.47 bits per heavy atom. The minimum atomic E-state index is -0.445. The van der Waals surface area contributed by atoms with Crippen LogP contribution < -0.4 is 5.32 Å². The van der Waals surface area contributed by atoms with Crippen LogP contribution in [0.2, 0.25) is 0 Å². The van der Waals surface area contributed by atoms with Gasteiger partial charge in [0.25, 0.3) is 5.23 Å². The predicted molar refractivity (Wildman–Crippen MR) is 61.6 cm³/mol. The first-order chi connectivity index (χ1) is 7.11. The fraction of sp³-hybridized carbons (Fsp3) is 0.111. The molecule has 1 rings (SSSR count). The van der Waals surface area contributed by atoms with Crippen molar-refractivity contribution in [3.8, 4) is 0 Å². The lowest BCUT2D eigenvalue weighted by molar-refractivity contribution is -0.151. The number of anilines is 1. The highest BCUT2D eigenvalue weighted by Gasteiger charge is 2.04. The van der Waals surface area contributed by atoms with Gasteiger partial charge in [-0.15, -0.1) is 0 Å². The van der Waals surface area contributed by atoms with E-state index in [-0.39, 0.29) is 5.17 Å². The van der Waals surface area contributed by atoms with Gasteiger partial charge in [-0.2, -0.15) is 0 Å². The van der Waals surface area contributed by atoms with Crippen molar-refractivity contribution in [2.45, 2.75) is 6.92 Å². The average molecular weight is 225 g/mol. The number of nitrogens with one attached hydrogen (secondary N) is 3. The molecule has 4 N–H and O–H groups in total. The summed E-state index contributed by atoms with van der Waals surface area (Å²) in [4.78, 5) is 3.64. The van der Waals surface area contributed by atoms with Crippen molar-refractivity contribution in [2.24, 2.45) is 0 Å². The van der Waals surface area contributed by atoms with Crippen LogP contribution in [0.15, 0.2) is 24.3 Å². The second-order valence-corrected chi connectivity index (χ2v) is 3.78. The van der Waals surface area contributed by atoms with E-state index in [2.05, 4.69) is 10.2 Å². The number of hydrogen-bond acceptors (Lipinski definition) is 5. The van der Waals surface area contributed by atoms with Gasteiger partial charge in [-0.1, -0.05) is 17.7 Å². The van der Waals surface area contributed by atoms with Gasteiger partial charge in [0.2, 0.25) is 0 Å². The third kappa shape index (κ3) is 4.01. The zero-order valence-electron chi connectivity index (χ0n) is 8.07. The van der Waals surface area contributed by atoms with Crippen LogP contribution in [-0.2, 0) is 4.89 Å². The van der Waals surface area contributed by atoms with E-state index < -0.39 is 5.23 Å². The summed E-state index contributed by atoms with van der Waals surface area (Å²) in [7, 11) is 0. The number of hydrogen-bond donors (Lipinski definition) is 4. The quantitative estimate of drug-likeness (QED) is 0.256. The van der Waals surface area contributed by atoms with Gasteiger partial charge in [0, 0.05) is 17.4 Å². The Hall–Kier alpha value is -1.53. The Morgan fingerprint density at radius 2 is 1.93 bits per heavy atom. The molecule has 0 saturated carbocycles. The van der Waals surface area contributed by atoms with Crippen LogP contribution >= 0.6 is 11.8 Å². The topological polar surface area (TPSA) is 89.2 Å². The van der Waals surface area contributed by atoms with Crippen LogP contribution in [0.3, 0.4) is 0 Å². The monoisotopic (exact) mass is 225 g/mol. The fourth-order valence-electron chi connectivity index (χ4n) is 0.905. The van der Waals surface area contributed by atoms with E-state index in [0.29, 0.717) is 11.8 Å². The zero-order valence-corrected chi connectivity index (χ0v) is 8.89. The van der Waals surface area contributed by atoms with E-state index in [1.54, 1.807) is 0 Å². The Labute approximate surface area is 91.4 Å². The summed E-state index contributed by atoms with van der Waals surface area (Å²) in [6.07, 6.45) is 0. The third-order valence-corrected chi connectivity index (χ3v) is 2.15. The first-order valence-corrected chi connectivity index (χ1v) is 4.93. The van der Waals surface area contributed by atoms with E-state index in [9.17, 15) is 0 Å². The maximum atomic E-state index is 8.12. The lowest BCUT2D eigenvalue weighted by Crippen LogP contribution is -2.09.